The quantitative estimate of drug-likeness (QED) is 0.431. The van der Waals surface area contributed by atoms with E-state index in [1.165, 1.54) is 0 Å². The predicted octanol–water partition coefficient (Wildman–Crippen LogP) is 2.13. The Hall–Kier alpha value is -3.10. The number of methoxy groups -OCH3 is 1. The molecule has 2 atom stereocenters. The summed E-state index contributed by atoms with van der Waals surface area (Å²) in [5.74, 6) is -0.274. The van der Waals surface area contributed by atoms with Crippen LogP contribution in [-0.2, 0) is 17.8 Å². The lowest BCUT2D eigenvalue weighted by molar-refractivity contribution is -0.717. The number of aromatic amines is 1. The van der Waals surface area contributed by atoms with Crippen molar-refractivity contribution in [3.05, 3.63) is 80.7 Å². The van der Waals surface area contributed by atoms with E-state index in [0.717, 1.165) is 54.9 Å². The van der Waals surface area contributed by atoms with Gasteiger partial charge >= 0.3 is 0 Å². The number of halogens is 1. The number of carboxylic acid groups (broad SMARTS) is 1. The normalized spacial score (nSPS) is 17.8. The van der Waals surface area contributed by atoms with Crippen molar-refractivity contribution in [3.63, 3.8) is 0 Å². The third-order valence-electron chi connectivity index (χ3n) is 6.59. The van der Waals surface area contributed by atoms with E-state index >= 15 is 0 Å². The van der Waals surface area contributed by atoms with Crippen LogP contribution < -0.4 is 15.2 Å². The van der Waals surface area contributed by atoms with Gasteiger partial charge in [-0.3, -0.25) is 4.68 Å². The van der Waals surface area contributed by atoms with Crippen LogP contribution in [0.3, 0.4) is 0 Å². The summed E-state index contributed by atoms with van der Waals surface area (Å²) in [6.07, 6.45) is 0.432. The average molecular weight is 509 g/mol. The van der Waals surface area contributed by atoms with Crippen molar-refractivity contribution in [2.75, 3.05) is 7.11 Å². The highest BCUT2D eigenvalue weighted by molar-refractivity contribution is 9.10. The minimum Gasteiger partial charge on any atom is -0.544 e. The van der Waals surface area contributed by atoms with Crippen LogP contribution in [0, 0.1) is 13.8 Å². The second kappa shape index (κ2) is 8.35. The monoisotopic (exact) mass is 508 g/mol. The van der Waals surface area contributed by atoms with E-state index in [1.807, 2.05) is 60.2 Å². The molecule has 2 aromatic heterocycles. The van der Waals surface area contributed by atoms with Crippen LogP contribution in [0.25, 0.3) is 10.9 Å². The van der Waals surface area contributed by atoms with Gasteiger partial charge in [-0.15, -0.1) is 0 Å². The highest BCUT2D eigenvalue weighted by atomic mass is 79.9. The summed E-state index contributed by atoms with van der Waals surface area (Å²) in [6, 6.07) is 13.2. The number of nitrogens with two attached hydrogens (primary N) is 1. The van der Waals surface area contributed by atoms with Crippen molar-refractivity contribution < 1.29 is 20.0 Å². The number of carbonyl (C=O) groups excluding carboxylic acids is 1. The van der Waals surface area contributed by atoms with E-state index in [1.54, 1.807) is 7.11 Å². The highest BCUT2D eigenvalue weighted by Crippen LogP contribution is 2.34. The number of quaternary nitrogens is 1. The molecule has 1 aliphatic rings. The summed E-state index contributed by atoms with van der Waals surface area (Å²) < 4.78 is 8.58. The van der Waals surface area contributed by atoms with Crippen molar-refractivity contribution in [2.45, 2.75) is 38.9 Å². The van der Waals surface area contributed by atoms with Crippen LogP contribution in [0.15, 0.2) is 46.9 Å². The number of para-hydroxylation sites is 1. The summed E-state index contributed by atoms with van der Waals surface area (Å²) in [5.41, 5.74) is 7.06. The van der Waals surface area contributed by atoms with Crippen molar-refractivity contribution in [2.24, 2.45) is 0 Å². The molecule has 8 heteroatoms. The fourth-order valence-electron chi connectivity index (χ4n) is 4.87. The van der Waals surface area contributed by atoms with Crippen LogP contribution >= 0.6 is 15.9 Å². The maximum absolute atomic E-state index is 11.9. The van der Waals surface area contributed by atoms with Crippen molar-refractivity contribution in [1.29, 1.82) is 0 Å². The molecular formula is C25H25BrN4O3. The number of carbonyl (C=O) groups is 1. The largest absolute Gasteiger partial charge is 0.544 e. The van der Waals surface area contributed by atoms with Crippen molar-refractivity contribution >= 4 is 32.8 Å². The number of carboxylic acids is 1. The summed E-state index contributed by atoms with van der Waals surface area (Å²) in [7, 11) is 1.66. The van der Waals surface area contributed by atoms with Crippen LogP contribution in [-0.4, -0.2) is 33.9 Å². The Labute approximate surface area is 199 Å². The zero-order valence-electron chi connectivity index (χ0n) is 18.7. The fourth-order valence-corrected chi connectivity index (χ4v) is 5.15. The van der Waals surface area contributed by atoms with E-state index < -0.39 is 12.0 Å². The Balaban J connectivity index is 1.60. The van der Waals surface area contributed by atoms with E-state index in [9.17, 15) is 9.90 Å². The van der Waals surface area contributed by atoms with Gasteiger partial charge in [0.25, 0.3) is 0 Å². The smallest absolute Gasteiger partial charge is 0.153 e. The second-order valence-corrected chi connectivity index (χ2v) is 9.37. The highest BCUT2D eigenvalue weighted by Gasteiger charge is 2.35. The maximum atomic E-state index is 11.9. The summed E-state index contributed by atoms with van der Waals surface area (Å²) >= 11 is 3.60. The molecule has 33 heavy (non-hydrogen) atoms. The zero-order valence-corrected chi connectivity index (χ0v) is 20.3. The van der Waals surface area contributed by atoms with Crippen LogP contribution in [0.2, 0.25) is 0 Å². The van der Waals surface area contributed by atoms with Gasteiger partial charge in [0.1, 0.15) is 11.8 Å². The molecule has 0 unspecified atom stereocenters. The van der Waals surface area contributed by atoms with Gasteiger partial charge in [-0.1, -0.05) is 18.2 Å². The third kappa shape index (κ3) is 3.73. The molecule has 3 N–H and O–H groups in total. The minimum atomic E-state index is -1.04. The van der Waals surface area contributed by atoms with Crippen molar-refractivity contribution in [1.82, 2.24) is 14.8 Å². The number of fused-ring (bicyclic) bond motifs is 3. The summed E-state index contributed by atoms with van der Waals surface area (Å²) in [6.45, 7) is 4.54. The van der Waals surface area contributed by atoms with Gasteiger partial charge in [-0.25, -0.2) is 0 Å². The molecule has 0 saturated carbocycles. The number of nitrogens with zero attached hydrogens (tertiary/aromatic N) is 2. The average Bonchev–Trinajstić information content (AvgIpc) is 3.31. The number of hydrogen-bond donors (Lipinski definition) is 2. The van der Waals surface area contributed by atoms with Gasteiger partial charge in [0, 0.05) is 28.5 Å². The van der Waals surface area contributed by atoms with Crippen molar-refractivity contribution in [3.8, 4) is 5.75 Å². The number of H-pyrrole nitrogens is 1. The predicted molar refractivity (Wildman–Crippen MR) is 126 cm³/mol. The van der Waals surface area contributed by atoms with Gasteiger partial charge in [0.15, 0.2) is 6.04 Å². The number of benzene rings is 2. The first kappa shape index (κ1) is 21.7. The number of aromatic nitrogens is 3. The number of nitrogens with one attached hydrogen (secondary N) is 1. The van der Waals surface area contributed by atoms with E-state index in [-0.39, 0.29) is 6.04 Å². The van der Waals surface area contributed by atoms with Crippen LogP contribution in [0.5, 0.6) is 5.75 Å². The Morgan fingerprint density at radius 3 is 2.79 bits per heavy atom. The first-order valence-corrected chi connectivity index (χ1v) is 11.7. The molecule has 0 saturated heterocycles. The lowest BCUT2D eigenvalue weighted by atomic mass is 9.89. The molecule has 0 bridgehead atoms. The summed E-state index contributed by atoms with van der Waals surface area (Å²) in [4.78, 5) is 15.4. The molecule has 170 valence electrons. The Kier molecular flexibility index (Phi) is 5.50. The third-order valence-corrected chi connectivity index (χ3v) is 7.73. The second-order valence-electron chi connectivity index (χ2n) is 8.58. The lowest BCUT2D eigenvalue weighted by Gasteiger charge is -2.29. The van der Waals surface area contributed by atoms with Gasteiger partial charge in [0.05, 0.1) is 41.2 Å². The van der Waals surface area contributed by atoms with Gasteiger partial charge < -0.3 is 24.9 Å². The number of ether oxygens (including phenoxy) is 1. The molecule has 0 spiro atoms. The number of rotatable bonds is 5. The number of hydrogen-bond acceptors (Lipinski definition) is 4. The molecular weight excluding hydrogens is 484 g/mol. The molecule has 0 radical (unpaired) electrons. The number of aryl methyl sites for hydroxylation is 1. The SMILES string of the molecule is COc1ccc([C@H]2[NH2+][C@H](C(=O)[O-])Cc3c2[nH]c2ccccc32)cc1Cn1nc(C)c(Br)c1C. The molecule has 0 amide bonds. The van der Waals surface area contributed by atoms with Crippen LogP contribution in [0.4, 0.5) is 0 Å². The molecule has 5 rings (SSSR count). The molecule has 1 aliphatic heterocycles. The first-order valence-electron chi connectivity index (χ1n) is 10.9. The molecule has 0 fully saturated rings. The fraction of sp³-hybridized carbons (Fsp3) is 0.280. The Morgan fingerprint density at radius 1 is 1.30 bits per heavy atom. The minimum absolute atomic E-state index is 0.194. The number of aliphatic carboxylic acids is 1. The van der Waals surface area contributed by atoms with Gasteiger partial charge in [-0.2, -0.15) is 5.10 Å². The van der Waals surface area contributed by atoms with Gasteiger partial charge in [0.2, 0.25) is 0 Å². The van der Waals surface area contributed by atoms with Crippen LogP contribution in [0.1, 0.15) is 39.8 Å². The van der Waals surface area contributed by atoms with E-state index in [4.69, 9.17) is 4.74 Å². The maximum Gasteiger partial charge on any atom is 0.153 e. The molecule has 4 aromatic rings. The zero-order chi connectivity index (χ0) is 23.3. The first-order chi connectivity index (χ1) is 15.9. The van der Waals surface area contributed by atoms with E-state index in [2.05, 4.69) is 32.1 Å². The molecule has 0 aliphatic carbocycles. The summed E-state index contributed by atoms with van der Waals surface area (Å²) in [5, 5.41) is 19.5. The molecule has 3 heterocycles. The lowest BCUT2D eigenvalue weighted by Crippen LogP contribution is -2.95. The van der Waals surface area contributed by atoms with Gasteiger partial charge in [-0.05, 0) is 59.6 Å². The topological polar surface area (TPSA) is 99.6 Å². The van der Waals surface area contributed by atoms with E-state index in [0.29, 0.717) is 13.0 Å². The molecule has 7 nitrogen and oxygen atoms in total. The Bertz CT molecular complexity index is 1370. The Morgan fingerprint density at radius 2 is 2.09 bits per heavy atom. The molecule has 2 aromatic carbocycles. The standard InChI is InChI=1S/C25H25BrN4O3/c1-13-22(26)14(2)30(29-13)12-16-10-15(8-9-21(16)33-3)23-24-18(11-20(28-23)25(31)32)17-6-4-5-7-19(17)27-24/h4-10,20,23,27-28H,11-12H2,1-3H3,(H,31,32)/t20-,23+/m0/s1.